The van der Waals surface area contributed by atoms with E-state index in [0.717, 1.165) is 6.42 Å². The molecule has 0 heterocycles. The maximum absolute atomic E-state index is 3.26. The monoisotopic (exact) mass is 348 g/mol. The van der Waals surface area contributed by atoms with Gasteiger partial charge in [0.25, 0.3) is 0 Å². The van der Waals surface area contributed by atoms with Gasteiger partial charge in [-0.25, -0.2) is 11.6 Å². The summed E-state index contributed by atoms with van der Waals surface area (Å²) in [7, 11) is 0. The molecule has 0 saturated heterocycles. The van der Waals surface area contributed by atoms with Gasteiger partial charge in [-0.1, -0.05) is 19.8 Å². The average Bonchev–Trinajstić information content (AvgIpc) is 2.12. The summed E-state index contributed by atoms with van der Waals surface area (Å²) in [6, 6.07) is 0. The minimum absolute atomic E-state index is 0. The maximum atomic E-state index is 3.26. The third-order valence-corrected chi connectivity index (χ3v) is 1.34. The quantitative estimate of drug-likeness (QED) is 0.625. The third-order valence-electron chi connectivity index (χ3n) is 1.34. The molecule has 0 spiro atoms. The maximum Gasteiger partial charge on any atom is 5.00 e. The van der Waals surface area contributed by atoms with Crippen LogP contribution in [0.2, 0.25) is 0 Å². The zero-order chi connectivity index (χ0) is 5.98. The molecule has 76 valence electrons. The summed E-state index contributed by atoms with van der Waals surface area (Å²) in [5.74, 6) is 0.661. The second-order valence-electron chi connectivity index (χ2n) is 2.39. The molecule has 1 aliphatic carbocycles. The Balaban J connectivity index is -0.0000000427. The Morgan fingerprint density at radius 3 is 1.77 bits per heavy atom. The zero-order valence-corrected chi connectivity index (χ0v) is 13.1. The summed E-state index contributed by atoms with van der Waals surface area (Å²) in [6.45, 7) is 4.38. The van der Waals surface area contributed by atoms with Gasteiger partial charge in [0.15, 0.2) is 0 Å². The van der Waals surface area contributed by atoms with Crippen molar-refractivity contribution >= 4 is 0 Å². The van der Waals surface area contributed by atoms with Gasteiger partial charge in [0.05, 0.1) is 0 Å². The molecule has 0 aromatic rings. The zero-order valence-electron chi connectivity index (χ0n) is 9.89. The Labute approximate surface area is 102 Å². The molecule has 0 aromatic heterocycles. The standard InChI is InChI=1S/C8H11.4CH3.Ta/c1-7(2)8-5-3-4-6-8;;;;;/h3,5,7H,4H2,1-2H3;4*1H3;/q5*-1;+5. The normalized spacial score (nSPS) is 10.8. The van der Waals surface area contributed by atoms with Gasteiger partial charge >= 0.3 is 22.4 Å². The molecule has 0 aromatic carbocycles. The smallest absolute Gasteiger partial charge is 0.358 e. The van der Waals surface area contributed by atoms with Crippen LogP contribution in [0.5, 0.6) is 0 Å². The molecule has 0 amide bonds. The van der Waals surface area contributed by atoms with E-state index in [1.165, 1.54) is 5.57 Å². The van der Waals surface area contributed by atoms with E-state index in [1.54, 1.807) is 0 Å². The van der Waals surface area contributed by atoms with E-state index in [9.17, 15) is 0 Å². The van der Waals surface area contributed by atoms with Crippen LogP contribution in [0.25, 0.3) is 0 Å². The van der Waals surface area contributed by atoms with Crippen LogP contribution in [0, 0.1) is 41.7 Å². The first kappa shape index (κ1) is 29.2. The fourth-order valence-corrected chi connectivity index (χ4v) is 0.818. The summed E-state index contributed by atoms with van der Waals surface area (Å²) in [4.78, 5) is 0. The second kappa shape index (κ2) is 14.7. The number of hydrogen-bond acceptors (Lipinski definition) is 0. The molecule has 0 fully saturated rings. The first-order chi connectivity index (χ1) is 3.80. The van der Waals surface area contributed by atoms with Gasteiger partial charge in [0.2, 0.25) is 0 Å². The second-order valence-corrected chi connectivity index (χ2v) is 2.39. The van der Waals surface area contributed by atoms with Crippen molar-refractivity contribution in [2.45, 2.75) is 20.3 Å². The van der Waals surface area contributed by atoms with Crippen LogP contribution >= 0.6 is 0 Å². The Morgan fingerprint density at radius 2 is 1.62 bits per heavy atom. The Kier molecular flexibility index (Phi) is 33.1. The van der Waals surface area contributed by atoms with Crippen molar-refractivity contribution in [1.82, 2.24) is 0 Å². The molecule has 1 aliphatic rings. The molecule has 0 bridgehead atoms. The van der Waals surface area contributed by atoms with Crippen LogP contribution in [0.15, 0.2) is 17.7 Å². The minimum atomic E-state index is 0. The van der Waals surface area contributed by atoms with E-state index >= 15 is 0 Å². The van der Waals surface area contributed by atoms with Gasteiger partial charge in [-0.2, -0.15) is 6.08 Å². The van der Waals surface area contributed by atoms with Crippen molar-refractivity contribution in [2.75, 3.05) is 0 Å². The van der Waals surface area contributed by atoms with Gasteiger partial charge in [0, 0.05) is 0 Å². The number of allylic oxidation sites excluding steroid dienone is 4. The van der Waals surface area contributed by atoms with Crippen molar-refractivity contribution in [1.29, 1.82) is 0 Å². The summed E-state index contributed by atoms with van der Waals surface area (Å²) >= 11 is 0. The van der Waals surface area contributed by atoms with Crippen molar-refractivity contribution in [2.24, 2.45) is 5.92 Å². The predicted octanol–water partition coefficient (Wildman–Crippen LogP) is 4.13. The van der Waals surface area contributed by atoms with E-state index in [0.29, 0.717) is 5.92 Å². The van der Waals surface area contributed by atoms with E-state index < -0.39 is 0 Å². The van der Waals surface area contributed by atoms with Crippen molar-refractivity contribution in [3.05, 3.63) is 53.5 Å². The topological polar surface area (TPSA) is 0 Å². The summed E-state index contributed by atoms with van der Waals surface area (Å²) < 4.78 is 0. The predicted molar refractivity (Wildman–Crippen MR) is 61.0 cm³/mol. The molecule has 0 N–H and O–H groups in total. The van der Waals surface area contributed by atoms with Crippen LogP contribution < -0.4 is 0 Å². The van der Waals surface area contributed by atoms with E-state index in [4.69, 9.17) is 0 Å². The average molecular weight is 348 g/mol. The van der Waals surface area contributed by atoms with Gasteiger partial charge in [-0.15, -0.1) is 6.42 Å². The minimum Gasteiger partial charge on any atom is -0.358 e. The number of rotatable bonds is 1. The number of hydrogen-bond donors (Lipinski definition) is 0. The Hall–Kier alpha value is 0.220. The van der Waals surface area contributed by atoms with Crippen molar-refractivity contribution in [3.8, 4) is 0 Å². The van der Waals surface area contributed by atoms with E-state index in [1.807, 2.05) is 0 Å². The van der Waals surface area contributed by atoms with Gasteiger partial charge in [-0.3, -0.25) is 6.08 Å². The van der Waals surface area contributed by atoms with Crippen LogP contribution in [0.1, 0.15) is 20.3 Å². The van der Waals surface area contributed by atoms with Crippen LogP contribution in [0.3, 0.4) is 0 Å². The van der Waals surface area contributed by atoms with Crippen LogP contribution in [-0.4, -0.2) is 0 Å². The Morgan fingerprint density at radius 1 is 1.15 bits per heavy atom. The van der Waals surface area contributed by atoms with E-state index in [-0.39, 0.29) is 52.1 Å². The first-order valence-electron chi connectivity index (χ1n) is 3.08. The van der Waals surface area contributed by atoms with Gasteiger partial charge in [-0.05, 0) is 0 Å². The first-order valence-corrected chi connectivity index (χ1v) is 3.08. The fourth-order valence-electron chi connectivity index (χ4n) is 0.818. The molecule has 0 atom stereocenters. The molecular formula is C12H23Ta. The largest absolute Gasteiger partial charge is 5.00 e. The molecule has 1 rings (SSSR count). The van der Waals surface area contributed by atoms with Gasteiger partial charge in [0.1, 0.15) is 0 Å². The summed E-state index contributed by atoms with van der Waals surface area (Å²) in [6.07, 6.45) is 8.59. The molecule has 0 unspecified atom stereocenters. The van der Waals surface area contributed by atoms with Crippen LogP contribution in [-0.2, 0) is 22.4 Å². The summed E-state index contributed by atoms with van der Waals surface area (Å²) in [5.41, 5.74) is 1.37. The molecule has 0 aliphatic heterocycles. The Bertz CT molecular complexity index is 132. The summed E-state index contributed by atoms with van der Waals surface area (Å²) in [5, 5.41) is 0. The molecule has 1 heteroatoms. The molecular weight excluding hydrogens is 325 g/mol. The van der Waals surface area contributed by atoms with Crippen molar-refractivity contribution in [3.63, 3.8) is 0 Å². The van der Waals surface area contributed by atoms with Crippen molar-refractivity contribution < 1.29 is 22.4 Å². The molecule has 0 nitrogen and oxygen atoms in total. The SMILES string of the molecule is CC(C)C1=[C-]CC=C1.[CH3-].[CH3-].[CH3-].[CH3-].[Ta+5]. The van der Waals surface area contributed by atoms with Crippen LogP contribution in [0.4, 0.5) is 0 Å². The third kappa shape index (κ3) is 10.1. The molecule has 0 saturated carbocycles. The molecule has 0 radical (unpaired) electrons. The fraction of sp³-hybridized carbons (Fsp3) is 0.333. The van der Waals surface area contributed by atoms with E-state index in [2.05, 4.69) is 32.1 Å². The van der Waals surface area contributed by atoms with Gasteiger partial charge < -0.3 is 29.7 Å². The molecule has 13 heavy (non-hydrogen) atoms.